The van der Waals surface area contributed by atoms with Crippen LogP contribution >= 0.6 is 0 Å². The van der Waals surface area contributed by atoms with Gasteiger partial charge in [0, 0.05) is 36.9 Å². The SMILES string of the molecule is O=S([O-])NCC(CO)CO. The van der Waals surface area contributed by atoms with E-state index in [0.717, 1.165) is 0 Å². The number of aliphatic hydroxyl groups excluding tert-OH is 2. The molecule has 1 atom stereocenters. The van der Waals surface area contributed by atoms with Gasteiger partial charge in [-0.15, -0.1) is 0 Å². The Bertz CT molecular complexity index is 105. The van der Waals surface area contributed by atoms with E-state index in [2.05, 4.69) is 0 Å². The summed E-state index contributed by atoms with van der Waals surface area (Å²) in [5, 5.41) is 16.9. The van der Waals surface area contributed by atoms with Gasteiger partial charge in [0.25, 0.3) is 0 Å². The lowest BCUT2D eigenvalue weighted by Crippen LogP contribution is -2.28. The molecule has 0 bridgehead atoms. The Morgan fingerprint density at radius 2 is 2.00 bits per heavy atom. The number of rotatable bonds is 5. The number of hydrogen-bond acceptors (Lipinski definition) is 4. The molecule has 0 aromatic rings. The highest BCUT2D eigenvalue weighted by Gasteiger charge is 2.03. The summed E-state index contributed by atoms with van der Waals surface area (Å²) in [5.41, 5.74) is 0. The Labute approximate surface area is 61.5 Å². The van der Waals surface area contributed by atoms with Gasteiger partial charge in [-0.3, -0.25) is 4.21 Å². The van der Waals surface area contributed by atoms with Crippen LogP contribution < -0.4 is 4.72 Å². The van der Waals surface area contributed by atoms with Crippen LogP contribution in [0.4, 0.5) is 0 Å². The summed E-state index contributed by atoms with van der Waals surface area (Å²) in [6.45, 7) is -0.371. The second kappa shape index (κ2) is 5.75. The van der Waals surface area contributed by atoms with Crippen LogP contribution in [-0.4, -0.2) is 38.7 Å². The van der Waals surface area contributed by atoms with E-state index in [-0.39, 0.29) is 19.8 Å². The third-order valence-electron chi connectivity index (χ3n) is 1.01. The normalized spacial score (nSPS) is 14.0. The Balaban J connectivity index is 3.34. The van der Waals surface area contributed by atoms with E-state index >= 15 is 0 Å². The van der Waals surface area contributed by atoms with Crippen molar-refractivity contribution in [3.05, 3.63) is 0 Å². The molecule has 0 spiro atoms. The van der Waals surface area contributed by atoms with Gasteiger partial charge in [0.15, 0.2) is 0 Å². The van der Waals surface area contributed by atoms with Crippen molar-refractivity contribution < 1.29 is 19.0 Å². The van der Waals surface area contributed by atoms with Gasteiger partial charge >= 0.3 is 0 Å². The van der Waals surface area contributed by atoms with E-state index < -0.39 is 17.2 Å². The van der Waals surface area contributed by atoms with Gasteiger partial charge in [0.2, 0.25) is 0 Å². The van der Waals surface area contributed by atoms with Crippen molar-refractivity contribution in [2.24, 2.45) is 5.92 Å². The molecule has 6 heteroatoms. The summed E-state index contributed by atoms with van der Waals surface area (Å²) < 4.78 is 21.8. The molecule has 0 aromatic carbocycles. The van der Waals surface area contributed by atoms with E-state index in [1.807, 2.05) is 4.72 Å². The molecule has 0 amide bonds. The highest BCUT2D eigenvalue weighted by atomic mass is 32.2. The molecule has 10 heavy (non-hydrogen) atoms. The average molecular weight is 168 g/mol. The molecule has 62 valence electrons. The lowest BCUT2D eigenvalue weighted by molar-refractivity contribution is 0.152. The van der Waals surface area contributed by atoms with Crippen molar-refractivity contribution in [2.75, 3.05) is 19.8 Å². The zero-order valence-corrected chi connectivity index (χ0v) is 6.13. The molecule has 0 radical (unpaired) electrons. The maximum absolute atomic E-state index is 9.86. The standard InChI is InChI=1S/C4H11NO4S/c6-2-4(3-7)1-5-10(8)9/h4-7H,1-3H2,(H,8,9)/p-1. The van der Waals surface area contributed by atoms with E-state index in [0.29, 0.717) is 0 Å². The highest BCUT2D eigenvalue weighted by Crippen LogP contribution is 1.89. The van der Waals surface area contributed by atoms with Gasteiger partial charge in [-0.05, 0) is 0 Å². The predicted octanol–water partition coefficient (Wildman–Crippen LogP) is -2.03. The quantitative estimate of drug-likeness (QED) is 0.413. The Kier molecular flexibility index (Phi) is 5.74. The van der Waals surface area contributed by atoms with E-state index in [1.165, 1.54) is 0 Å². The second-order valence-corrected chi connectivity index (χ2v) is 2.57. The third-order valence-corrected chi connectivity index (χ3v) is 1.41. The molecule has 0 aliphatic heterocycles. The highest BCUT2D eigenvalue weighted by molar-refractivity contribution is 7.77. The summed E-state index contributed by atoms with van der Waals surface area (Å²) in [7, 11) is 0. The van der Waals surface area contributed by atoms with E-state index in [1.54, 1.807) is 0 Å². The van der Waals surface area contributed by atoms with Gasteiger partial charge in [0.05, 0.1) is 0 Å². The fraction of sp³-hybridized carbons (Fsp3) is 1.00. The summed E-state index contributed by atoms with van der Waals surface area (Å²) in [6.07, 6.45) is 0. The molecule has 0 aliphatic carbocycles. The summed E-state index contributed by atoms with van der Waals surface area (Å²) in [5.74, 6) is -0.405. The van der Waals surface area contributed by atoms with Crippen LogP contribution in [0.15, 0.2) is 0 Å². The number of aliphatic hydroxyl groups is 2. The summed E-state index contributed by atoms with van der Waals surface area (Å²) in [4.78, 5) is 0. The minimum Gasteiger partial charge on any atom is -0.760 e. The predicted molar refractivity (Wildman–Crippen MR) is 34.6 cm³/mol. The Hall–Kier alpha value is -0.0100. The first-order valence-electron chi connectivity index (χ1n) is 2.75. The van der Waals surface area contributed by atoms with Gasteiger partial charge < -0.3 is 14.8 Å². The minimum absolute atomic E-state index is 0.0725. The van der Waals surface area contributed by atoms with Crippen LogP contribution in [0, 0.1) is 5.92 Å². The Morgan fingerprint density at radius 1 is 1.50 bits per heavy atom. The first-order chi connectivity index (χ1) is 4.70. The average Bonchev–Trinajstić information content (AvgIpc) is 1.90. The van der Waals surface area contributed by atoms with Crippen LogP contribution in [0.25, 0.3) is 0 Å². The van der Waals surface area contributed by atoms with Crippen molar-refractivity contribution in [3.8, 4) is 0 Å². The van der Waals surface area contributed by atoms with Crippen molar-refractivity contribution in [1.82, 2.24) is 4.72 Å². The number of nitrogens with one attached hydrogen (secondary N) is 1. The molecule has 5 nitrogen and oxygen atoms in total. The minimum atomic E-state index is -2.31. The molecule has 3 N–H and O–H groups in total. The van der Waals surface area contributed by atoms with Crippen molar-refractivity contribution >= 4 is 11.3 Å². The van der Waals surface area contributed by atoms with Crippen molar-refractivity contribution in [1.29, 1.82) is 0 Å². The molecule has 0 saturated heterocycles. The topological polar surface area (TPSA) is 92.6 Å². The second-order valence-electron chi connectivity index (χ2n) is 1.81. The van der Waals surface area contributed by atoms with Gasteiger partial charge in [-0.2, -0.15) is 0 Å². The van der Waals surface area contributed by atoms with Gasteiger partial charge in [-0.25, -0.2) is 4.72 Å². The van der Waals surface area contributed by atoms with E-state index in [9.17, 15) is 8.76 Å². The Morgan fingerprint density at radius 3 is 2.30 bits per heavy atom. The molecule has 1 unspecified atom stereocenters. The maximum atomic E-state index is 9.86. The molecule has 0 fully saturated rings. The maximum Gasteiger partial charge on any atom is 0.0493 e. The van der Waals surface area contributed by atoms with E-state index in [4.69, 9.17) is 10.2 Å². The summed E-state index contributed by atoms with van der Waals surface area (Å²) >= 11 is -2.31. The number of hydrogen-bond donors (Lipinski definition) is 3. The van der Waals surface area contributed by atoms with Crippen LogP contribution in [0.2, 0.25) is 0 Å². The van der Waals surface area contributed by atoms with Gasteiger partial charge in [-0.1, -0.05) is 0 Å². The zero-order valence-electron chi connectivity index (χ0n) is 5.32. The van der Waals surface area contributed by atoms with Gasteiger partial charge in [0.1, 0.15) is 0 Å². The zero-order chi connectivity index (χ0) is 7.98. The molecule has 0 aliphatic rings. The molecular weight excluding hydrogens is 158 g/mol. The van der Waals surface area contributed by atoms with Crippen LogP contribution in [0.5, 0.6) is 0 Å². The van der Waals surface area contributed by atoms with Crippen molar-refractivity contribution in [3.63, 3.8) is 0 Å². The van der Waals surface area contributed by atoms with Crippen LogP contribution in [0.3, 0.4) is 0 Å². The fourth-order valence-electron chi connectivity index (χ4n) is 0.373. The first kappa shape index (κ1) is 9.99. The molecule has 0 saturated carbocycles. The largest absolute Gasteiger partial charge is 0.760 e. The fourth-order valence-corrected chi connectivity index (χ4v) is 0.745. The molecule has 0 heterocycles. The molecular formula is C4H10NO4S-. The monoisotopic (exact) mass is 168 g/mol. The molecule has 0 rings (SSSR count). The smallest absolute Gasteiger partial charge is 0.0493 e. The van der Waals surface area contributed by atoms with Crippen molar-refractivity contribution in [2.45, 2.75) is 0 Å². The van der Waals surface area contributed by atoms with Crippen LogP contribution in [-0.2, 0) is 11.3 Å². The molecule has 0 aromatic heterocycles. The lowest BCUT2D eigenvalue weighted by Gasteiger charge is -2.12. The third kappa shape index (κ3) is 4.83. The lowest BCUT2D eigenvalue weighted by atomic mass is 10.2. The first-order valence-corrected chi connectivity index (χ1v) is 3.82. The van der Waals surface area contributed by atoms with Crippen LogP contribution in [0.1, 0.15) is 0 Å². The summed E-state index contributed by atoms with van der Waals surface area (Å²) in [6, 6.07) is 0.